The molecule has 1 fully saturated rings. The minimum Gasteiger partial charge on any atom is -0.506 e. The quantitative estimate of drug-likeness (QED) is 0.833. The molecule has 0 radical (unpaired) electrons. The van der Waals surface area contributed by atoms with Crippen molar-refractivity contribution in [2.45, 2.75) is 31.6 Å². The Labute approximate surface area is 141 Å². The molecule has 24 heavy (non-hydrogen) atoms. The lowest BCUT2D eigenvalue weighted by Crippen LogP contribution is -2.26. The first-order valence-electron chi connectivity index (χ1n) is 8.26. The van der Waals surface area contributed by atoms with Crippen molar-refractivity contribution in [3.63, 3.8) is 0 Å². The lowest BCUT2D eigenvalue weighted by atomic mass is 9.78. The largest absolute Gasteiger partial charge is 0.506 e. The molecule has 4 nitrogen and oxygen atoms in total. The van der Waals surface area contributed by atoms with Gasteiger partial charge in [-0.25, -0.2) is 0 Å². The number of phenolic OH excluding ortho intramolecular Hbond substituents is 1. The van der Waals surface area contributed by atoms with Gasteiger partial charge in [0.05, 0.1) is 17.3 Å². The molecule has 1 aliphatic rings. The first kappa shape index (κ1) is 16.1. The molecule has 4 heteroatoms. The van der Waals surface area contributed by atoms with E-state index in [4.69, 9.17) is 5.26 Å². The van der Waals surface area contributed by atoms with Gasteiger partial charge in [-0.15, -0.1) is 0 Å². The second kappa shape index (κ2) is 7.18. The fraction of sp³-hybridized carbons (Fsp3) is 0.300. The number of phenols is 1. The average Bonchev–Trinajstić information content (AvgIpc) is 2.64. The van der Waals surface area contributed by atoms with Gasteiger partial charge in [0.15, 0.2) is 0 Å². The van der Waals surface area contributed by atoms with Crippen LogP contribution in [0.2, 0.25) is 0 Å². The van der Waals surface area contributed by atoms with E-state index >= 15 is 0 Å². The molecule has 0 saturated heterocycles. The number of benzene rings is 2. The van der Waals surface area contributed by atoms with E-state index < -0.39 is 0 Å². The van der Waals surface area contributed by atoms with Crippen molar-refractivity contribution >= 4 is 11.6 Å². The maximum absolute atomic E-state index is 12.5. The number of hydrogen-bond acceptors (Lipinski definition) is 3. The normalized spacial score (nSPS) is 20.1. The zero-order valence-electron chi connectivity index (χ0n) is 13.4. The van der Waals surface area contributed by atoms with Crippen LogP contribution in [0.25, 0.3) is 0 Å². The molecule has 0 heterocycles. The van der Waals surface area contributed by atoms with E-state index in [1.54, 1.807) is 0 Å². The maximum atomic E-state index is 12.5. The molecule has 1 amide bonds. The second-order valence-corrected chi connectivity index (χ2v) is 6.29. The maximum Gasteiger partial charge on any atom is 0.227 e. The van der Waals surface area contributed by atoms with E-state index in [0.29, 0.717) is 17.2 Å². The summed E-state index contributed by atoms with van der Waals surface area (Å²) in [5.41, 5.74) is 2.07. The molecule has 1 aliphatic carbocycles. The highest BCUT2D eigenvalue weighted by Crippen LogP contribution is 2.36. The van der Waals surface area contributed by atoms with Gasteiger partial charge < -0.3 is 10.4 Å². The van der Waals surface area contributed by atoms with Crippen LogP contribution in [-0.4, -0.2) is 11.0 Å². The molecule has 2 N–H and O–H groups in total. The Morgan fingerprint density at radius 2 is 1.79 bits per heavy atom. The summed E-state index contributed by atoms with van der Waals surface area (Å²) in [6.45, 7) is 0. The summed E-state index contributed by atoms with van der Waals surface area (Å²) in [4.78, 5) is 12.5. The predicted octanol–water partition coefficient (Wildman–Crippen LogP) is 4.18. The second-order valence-electron chi connectivity index (χ2n) is 6.29. The molecule has 1 saturated carbocycles. The van der Waals surface area contributed by atoms with Gasteiger partial charge in [0.25, 0.3) is 0 Å². The summed E-state index contributed by atoms with van der Waals surface area (Å²) < 4.78 is 0. The first-order chi connectivity index (χ1) is 11.7. The van der Waals surface area contributed by atoms with E-state index in [9.17, 15) is 9.90 Å². The lowest BCUT2D eigenvalue weighted by molar-refractivity contribution is -0.120. The number of carbonyl (C=O) groups excluding carboxylic acids is 1. The van der Waals surface area contributed by atoms with Crippen molar-refractivity contribution in [1.29, 1.82) is 5.26 Å². The third-order valence-electron chi connectivity index (χ3n) is 4.75. The van der Waals surface area contributed by atoms with Crippen LogP contribution in [-0.2, 0) is 4.79 Å². The first-order valence-corrected chi connectivity index (χ1v) is 8.26. The van der Waals surface area contributed by atoms with E-state index in [1.807, 2.05) is 12.1 Å². The monoisotopic (exact) mass is 320 g/mol. The summed E-state index contributed by atoms with van der Waals surface area (Å²) >= 11 is 0. The summed E-state index contributed by atoms with van der Waals surface area (Å²) in [5.74, 6) is 0.382. The van der Waals surface area contributed by atoms with Crippen molar-refractivity contribution in [3.05, 3.63) is 59.7 Å². The third-order valence-corrected chi connectivity index (χ3v) is 4.75. The number of nitrogens with zero attached hydrogens (tertiary/aromatic N) is 1. The van der Waals surface area contributed by atoms with Gasteiger partial charge in [-0.05, 0) is 55.4 Å². The number of hydrogen-bond donors (Lipinski definition) is 2. The van der Waals surface area contributed by atoms with Gasteiger partial charge in [0.1, 0.15) is 5.75 Å². The molecule has 122 valence electrons. The fourth-order valence-electron chi connectivity index (χ4n) is 3.35. The number of amides is 1. The summed E-state index contributed by atoms with van der Waals surface area (Å²) in [6, 6.07) is 16.9. The van der Waals surface area contributed by atoms with E-state index in [0.717, 1.165) is 25.7 Å². The Kier molecular flexibility index (Phi) is 4.81. The molecule has 0 unspecified atom stereocenters. The molecular weight excluding hydrogens is 300 g/mol. The van der Waals surface area contributed by atoms with E-state index in [1.165, 1.54) is 23.8 Å². The highest BCUT2D eigenvalue weighted by Gasteiger charge is 2.27. The van der Waals surface area contributed by atoms with Crippen LogP contribution in [0.1, 0.15) is 42.7 Å². The smallest absolute Gasteiger partial charge is 0.227 e. The average molecular weight is 320 g/mol. The van der Waals surface area contributed by atoms with E-state index in [-0.39, 0.29) is 17.6 Å². The van der Waals surface area contributed by atoms with Crippen LogP contribution >= 0.6 is 0 Å². The molecule has 0 bridgehead atoms. The van der Waals surface area contributed by atoms with Crippen LogP contribution in [0.4, 0.5) is 5.69 Å². The Morgan fingerprint density at radius 3 is 2.46 bits per heavy atom. The van der Waals surface area contributed by atoms with Gasteiger partial charge in [0, 0.05) is 5.92 Å². The fourth-order valence-corrected chi connectivity index (χ4v) is 3.35. The Bertz CT molecular complexity index is 757. The Balaban J connectivity index is 1.61. The van der Waals surface area contributed by atoms with Crippen molar-refractivity contribution in [3.8, 4) is 11.8 Å². The summed E-state index contributed by atoms with van der Waals surface area (Å²) in [7, 11) is 0. The highest BCUT2D eigenvalue weighted by molar-refractivity contribution is 5.94. The number of carbonyl (C=O) groups is 1. The summed E-state index contributed by atoms with van der Waals surface area (Å²) in [6.07, 6.45) is 3.66. The van der Waals surface area contributed by atoms with Gasteiger partial charge in [-0.1, -0.05) is 30.3 Å². The van der Waals surface area contributed by atoms with Crippen molar-refractivity contribution in [2.75, 3.05) is 5.32 Å². The lowest BCUT2D eigenvalue weighted by Gasteiger charge is -2.28. The molecule has 3 rings (SSSR count). The van der Waals surface area contributed by atoms with Crippen LogP contribution in [0, 0.1) is 17.2 Å². The molecule has 0 aliphatic heterocycles. The SMILES string of the molecule is N#Cc1ccc(O)c(NC(=O)C2CCC(c3ccccc3)CC2)c1. The number of nitriles is 1. The van der Waals surface area contributed by atoms with Crippen molar-refractivity contribution in [2.24, 2.45) is 5.92 Å². The van der Waals surface area contributed by atoms with Gasteiger partial charge in [-0.3, -0.25) is 4.79 Å². The number of anilines is 1. The van der Waals surface area contributed by atoms with Gasteiger partial charge >= 0.3 is 0 Å². The standard InChI is InChI=1S/C20H20N2O2/c21-13-14-6-11-19(23)18(12-14)22-20(24)17-9-7-16(8-10-17)15-4-2-1-3-5-15/h1-6,11-12,16-17,23H,7-10H2,(H,22,24). The minimum absolute atomic E-state index is 0.0136. The van der Waals surface area contributed by atoms with Crippen molar-refractivity contribution in [1.82, 2.24) is 0 Å². The van der Waals surface area contributed by atoms with Crippen molar-refractivity contribution < 1.29 is 9.90 Å². The Morgan fingerprint density at radius 1 is 1.08 bits per heavy atom. The minimum atomic E-state index is -0.0769. The van der Waals surface area contributed by atoms with Crippen LogP contribution in [0.15, 0.2) is 48.5 Å². The third kappa shape index (κ3) is 3.57. The molecule has 2 aromatic rings. The topological polar surface area (TPSA) is 73.1 Å². The van der Waals surface area contributed by atoms with Gasteiger partial charge in [0.2, 0.25) is 5.91 Å². The predicted molar refractivity (Wildman–Crippen MR) is 92.6 cm³/mol. The molecule has 0 aromatic heterocycles. The van der Waals surface area contributed by atoms with E-state index in [2.05, 4.69) is 29.6 Å². The Hall–Kier alpha value is -2.80. The van der Waals surface area contributed by atoms with Crippen LogP contribution in [0.5, 0.6) is 5.75 Å². The molecule has 0 spiro atoms. The molecule has 2 aromatic carbocycles. The summed E-state index contributed by atoms with van der Waals surface area (Å²) in [5, 5.41) is 21.5. The number of aromatic hydroxyl groups is 1. The zero-order valence-corrected chi connectivity index (χ0v) is 13.4. The number of rotatable bonds is 3. The highest BCUT2D eigenvalue weighted by atomic mass is 16.3. The van der Waals surface area contributed by atoms with Crippen LogP contribution < -0.4 is 5.32 Å². The van der Waals surface area contributed by atoms with Gasteiger partial charge in [-0.2, -0.15) is 5.26 Å². The molecular formula is C20H20N2O2. The number of nitrogens with one attached hydrogen (secondary N) is 1. The molecule has 0 atom stereocenters. The van der Waals surface area contributed by atoms with Crippen LogP contribution in [0.3, 0.4) is 0 Å². The zero-order chi connectivity index (χ0) is 16.9.